The second-order valence-corrected chi connectivity index (χ2v) is 3.68. The summed E-state index contributed by atoms with van der Waals surface area (Å²) in [6, 6.07) is 5.73. The Morgan fingerprint density at radius 3 is 2.88 bits per heavy atom. The van der Waals surface area contributed by atoms with Crippen LogP contribution in [0.2, 0.25) is 5.02 Å². The molecule has 88 valence electrons. The summed E-state index contributed by atoms with van der Waals surface area (Å²) in [7, 11) is 0. The summed E-state index contributed by atoms with van der Waals surface area (Å²) in [6.45, 7) is 0.438. The molecule has 0 fully saturated rings. The molecule has 0 spiro atoms. The molecule has 0 aliphatic rings. The standard InChI is InChI=1S/C11H11ClN4O/c12-9-10(13)15-7-16-11(9)17-6-4-8-3-1-2-5-14-8/h1-3,5,7H,4,6H2,(H2,13,15,16). The van der Waals surface area contributed by atoms with Gasteiger partial charge in [0, 0.05) is 18.3 Å². The first-order valence-electron chi connectivity index (χ1n) is 5.06. The van der Waals surface area contributed by atoms with E-state index in [0.717, 1.165) is 5.69 Å². The van der Waals surface area contributed by atoms with E-state index in [-0.39, 0.29) is 10.8 Å². The Bertz CT molecular complexity index is 492. The average molecular weight is 251 g/mol. The predicted octanol–water partition coefficient (Wildman–Crippen LogP) is 1.73. The second kappa shape index (κ2) is 5.45. The number of pyridine rings is 1. The van der Waals surface area contributed by atoms with Crippen molar-refractivity contribution in [2.45, 2.75) is 6.42 Å². The summed E-state index contributed by atoms with van der Waals surface area (Å²) in [5, 5.41) is 0.244. The lowest BCUT2D eigenvalue weighted by atomic mass is 10.3. The van der Waals surface area contributed by atoms with Gasteiger partial charge in [-0.3, -0.25) is 4.98 Å². The monoisotopic (exact) mass is 250 g/mol. The minimum Gasteiger partial charge on any atom is -0.476 e. The van der Waals surface area contributed by atoms with Crippen molar-refractivity contribution in [1.82, 2.24) is 15.0 Å². The number of nitrogens with zero attached hydrogens (tertiary/aromatic N) is 3. The molecule has 2 aromatic heterocycles. The SMILES string of the molecule is Nc1ncnc(OCCc2ccccn2)c1Cl. The zero-order valence-electron chi connectivity index (χ0n) is 9.01. The van der Waals surface area contributed by atoms with E-state index in [1.54, 1.807) is 6.20 Å². The van der Waals surface area contributed by atoms with Gasteiger partial charge in [-0.1, -0.05) is 17.7 Å². The van der Waals surface area contributed by atoms with E-state index in [9.17, 15) is 0 Å². The van der Waals surface area contributed by atoms with Crippen LogP contribution in [-0.4, -0.2) is 21.6 Å². The van der Waals surface area contributed by atoms with Crippen LogP contribution in [0.5, 0.6) is 5.88 Å². The minimum absolute atomic E-state index is 0.217. The lowest BCUT2D eigenvalue weighted by Crippen LogP contribution is -2.05. The molecule has 0 radical (unpaired) electrons. The third-order valence-corrected chi connectivity index (χ3v) is 2.46. The van der Waals surface area contributed by atoms with Gasteiger partial charge in [0.2, 0.25) is 5.88 Å². The molecule has 2 rings (SSSR count). The first-order valence-corrected chi connectivity index (χ1v) is 5.44. The number of halogens is 1. The van der Waals surface area contributed by atoms with Crippen molar-refractivity contribution >= 4 is 17.4 Å². The topological polar surface area (TPSA) is 73.9 Å². The van der Waals surface area contributed by atoms with Crippen LogP contribution in [0.4, 0.5) is 5.82 Å². The fourth-order valence-electron chi connectivity index (χ4n) is 1.27. The number of nitrogens with two attached hydrogens (primary N) is 1. The predicted molar refractivity (Wildman–Crippen MR) is 64.9 cm³/mol. The molecule has 0 aliphatic heterocycles. The second-order valence-electron chi connectivity index (χ2n) is 3.30. The molecule has 0 saturated heterocycles. The van der Waals surface area contributed by atoms with Crippen molar-refractivity contribution in [3.63, 3.8) is 0 Å². The number of hydrogen-bond donors (Lipinski definition) is 1. The summed E-state index contributed by atoms with van der Waals surface area (Å²) in [5.74, 6) is 0.518. The Morgan fingerprint density at radius 1 is 1.24 bits per heavy atom. The maximum atomic E-state index is 5.88. The van der Waals surface area contributed by atoms with Gasteiger partial charge < -0.3 is 10.5 Å². The number of aromatic nitrogens is 3. The lowest BCUT2D eigenvalue weighted by molar-refractivity contribution is 0.308. The van der Waals surface area contributed by atoms with Gasteiger partial charge in [-0.2, -0.15) is 0 Å². The highest BCUT2D eigenvalue weighted by Gasteiger charge is 2.07. The average Bonchev–Trinajstić information content (AvgIpc) is 2.36. The molecule has 0 aromatic carbocycles. The molecule has 2 aromatic rings. The zero-order valence-corrected chi connectivity index (χ0v) is 9.76. The van der Waals surface area contributed by atoms with E-state index in [2.05, 4.69) is 15.0 Å². The molecule has 2 heterocycles. The number of nitrogen functional groups attached to an aromatic ring is 1. The molecule has 0 amide bonds. The van der Waals surface area contributed by atoms with Crippen LogP contribution in [0.3, 0.4) is 0 Å². The highest BCUT2D eigenvalue weighted by Crippen LogP contribution is 2.25. The van der Waals surface area contributed by atoms with Gasteiger partial charge in [0.25, 0.3) is 0 Å². The van der Waals surface area contributed by atoms with Crippen molar-refractivity contribution in [2.75, 3.05) is 12.3 Å². The third-order valence-electron chi connectivity index (χ3n) is 2.11. The van der Waals surface area contributed by atoms with Crippen LogP contribution < -0.4 is 10.5 Å². The van der Waals surface area contributed by atoms with Crippen molar-refractivity contribution in [1.29, 1.82) is 0 Å². The van der Waals surface area contributed by atoms with E-state index in [1.807, 2.05) is 18.2 Å². The Morgan fingerprint density at radius 2 is 2.12 bits per heavy atom. The summed E-state index contributed by atoms with van der Waals surface area (Å²) in [5.41, 5.74) is 6.48. The molecular weight excluding hydrogens is 240 g/mol. The zero-order chi connectivity index (χ0) is 12.1. The number of anilines is 1. The van der Waals surface area contributed by atoms with E-state index in [1.165, 1.54) is 6.33 Å². The normalized spacial score (nSPS) is 10.2. The summed E-state index contributed by atoms with van der Waals surface area (Å²) < 4.78 is 5.42. The van der Waals surface area contributed by atoms with Crippen LogP contribution in [0, 0.1) is 0 Å². The van der Waals surface area contributed by atoms with Gasteiger partial charge in [0.05, 0.1) is 6.61 Å². The van der Waals surface area contributed by atoms with Crippen molar-refractivity contribution in [3.05, 3.63) is 41.4 Å². The fraction of sp³-hybridized carbons (Fsp3) is 0.182. The van der Waals surface area contributed by atoms with Crippen molar-refractivity contribution < 1.29 is 4.74 Å². The number of hydrogen-bond acceptors (Lipinski definition) is 5. The van der Waals surface area contributed by atoms with Crippen LogP contribution in [0.15, 0.2) is 30.7 Å². The Hall–Kier alpha value is -1.88. The summed E-state index contributed by atoms with van der Waals surface area (Å²) in [4.78, 5) is 11.8. The van der Waals surface area contributed by atoms with Crippen LogP contribution in [0.1, 0.15) is 5.69 Å². The van der Waals surface area contributed by atoms with Gasteiger partial charge in [-0.15, -0.1) is 0 Å². The lowest BCUT2D eigenvalue weighted by Gasteiger charge is -2.06. The third kappa shape index (κ3) is 3.04. The quantitative estimate of drug-likeness (QED) is 0.895. The van der Waals surface area contributed by atoms with Crippen LogP contribution in [0.25, 0.3) is 0 Å². The van der Waals surface area contributed by atoms with E-state index in [4.69, 9.17) is 22.1 Å². The molecule has 6 heteroatoms. The van der Waals surface area contributed by atoms with Crippen molar-refractivity contribution in [2.24, 2.45) is 0 Å². The Labute approximate surface area is 104 Å². The minimum atomic E-state index is 0.217. The van der Waals surface area contributed by atoms with E-state index < -0.39 is 0 Å². The van der Waals surface area contributed by atoms with Gasteiger partial charge in [0.1, 0.15) is 17.2 Å². The Balaban J connectivity index is 1.93. The van der Waals surface area contributed by atoms with E-state index in [0.29, 0.717) is 18.9 Å². The molecule has 17 heavy (non-hydrogen) atoms. The highest BCUT2D eigenvalue weighted by molar-refractivity contribution is 6.33. The molecule has 0 aliphatic carbocycles. The molecule has 2 N–H and O–H groups in total. The number of rotatable bonds is 4. The van der Waals surface area contributed by atoms with E-state index >= 15 is 0 Å². The van der Waals surface area contributed by atoms with Crippen molar-refractivity contribution in [3.8, 4) is 5.88 Å². The van der Waals surface area contributed by atoms with Gasteiger partial charge in [-0.05, 0) is 12.1 Å². The fourth-order valence-corrected chi connectivity index (χ4v) is 1.42. The van der Waals surface area contributed by atoms with Crippen LogP contribution in [-0.2, 0) is 6.42 Å². The molecule has 0 bridgehead atoms. The molecule has 0 unspecified atom stereocenters. The Kier molecular flexibility index (Phi) is 3.72. The van der Waals surface area contributed by atoms with Gasteiger partial charge >= 0.3 is 0 Å². The largest absolute Gasteiger partial charge is 0.476 e. The smallest absolute Gasteiger partial charge is 0.237 e. The first kappa shape index (κ1) is 11.6. The molecular formula is C11H11ClN4O. The first-order chi connectivity index (χ1) is 8.27. The van der Waals surface area contributed by atoms with Gasteiger partial charge in [0.15, 0.2) is 0 Å². The van der Waals surface area contributed by atoms with Gasteiger partial charge in [-0.25, -0.2) is 9.97 Å². The maximum Gasteiger partial charge on any atom is 0.237 e. The highest BCUT2D eigenvalue weighted by atomic mass is 35.5. The molecule has 5 nitrogen and oxygen atoms in total. The number of ether oxygens (including phenoxy) is 1. The summed E-state index contributed by atoms with van der Waals surface area (Å²) >= 11 is 5.88. The maximum absolute atomic E-state index is 5.88. The van der Waals surface area contributed by atoms with Crippen LogP contribution >= 0.6 is 11.6 Å². The molecule has 0 atom stereocenters. The molecule has 0 saturated carbocycles. The summed E-state index contributed by atoms with van der Waals surface area (Å²) in [6.07, 6.45) is 3.74.